The number of anilines is 1. The van der Waals surface area contributed by atoms with Crippen LogP contribution in [0.25, 0.3) is 6.08 Å². The van der Waals surface area contributed by atoms with Gasteiger partial charge in [0, 0.05) is 11.8 Å². The minimum absolute atomic E-state index is 0.0378. The molecule has 1 N–H and O–H groups in total. The summed E-state index contributed by atoms with van der Waals surface area (Å²) in [5, 5.41) is 10.4. The van der Waals surface area contributed by atoms with Crippen LogP contribution in [0.15, 0.2) is 42.5 Å². The number of benzene rings is 2. The predicted molar refractivity (Wildman–Crippen MR) is 98.2 cm³/mol. The van der Waals surface area contributed by atoms with Crippen molar-refractivity contribution in [2.24, 2.45) is 0 Å². The molecule has 0 bridgehead atoms. The topological polar surface area (TPSA) is 71.3 Å². The molecule has 28 heavy (non-hydrogen) atoms. The molecule has 1 amide bonds. The lowest BCUT2D eigenvalue weighted by Crippen LogP contribution is -2.11. The van der Waals surface area contributed by atoms with Gasteiger partial charge in [-0.3, -0.25) is 4.79 Å². The smallest absolute Gasteiger partial charge is 0.417 e. The Labute approximate surface area is 163 Å². The average Bonchev–Trinajstić information content (AvgIpc) is 2.65. The van der Waals surface area contributed by atoms with E-state index in [0.29, 0.717) is 17.1 Å². The SMILES string of the molecule is COc1cc(/C=C/C(=O)Nc2ccc(Cl)c(C(F)(F)F)c2)ccc1OCC#N. The van der Waals surface area contributed by atoms with E-state index in [9.17, 15) is 18.0 Å². The van der Waals surface area contributed by atoms with Crippen LogP contribution in [0.5, 0.6) is 11.5 Å². The number of amides is 1. The highest BCUT2D eigenvalue weighted by atomic mass is 35.5. The molecule has 0 aliphatic carbocycles. The van der Waals surface area contributed by atoms with Crippen molar-refractivity contribution in [3.63, 3.8) is 0 Å². The Morgan fingerprint density at radius 3 is 2.64 bits per heavy atom. The van der Waals surface area contributed by atoms with Crippen molar-refractivity contribution in [2.75, 3.05) is 19.0 Å². The van der Waals surface area contributed by atoms with Crippen molar-refractivity contribution in [1.82, 2.24) is 0 Å². The second-order valence-corrected chi connectivity index (χ2v) is 5.78. The van der Waals surface area contributed by atoms with E-state index in [1.807, 2.05) is 6.07 Å². The van der Waals surface area contributed by atoms with Crippen molar-refractivity contribution >= 4 is 29.3 Å². The van der Waals surface area contributed by atoms with Crippen LogP contribution in [-0.4, -0.2) is 19.6 Å². The molecule has 0 aliphatic rings. The molecule has 2 aromatic rings. The molecule has 146 valence electrons. The van der Waals surface area contributed by atoms with Gasteiger partial charge in [0.15, 0.2) is 18.1 Å². The first kappa shape index (κ1) is 21.1. The summed E-state index contributed by atoms with van der Waals surface area (Å²) in [4.78, 5) is 12.0. The summed E-state index contributed by atoms with van der Waals surface area (Å²) in [5.74, 6) is 0.107. The summed E-state index contributed by atoms with van der Waals surface area (Å²) in [6.45, 7) is -0.144. The van der Waals surface area contributed by atoms with Crippen LogP contribution in [0.2, 0.25) is 5.02 Å². The number of nitrogens with zero attached hydrogens (tertiary/aromatic N) is 1. The lowest BCUT2D eigenvalue weighted by molar-refractivity contribution is -0.137. The van der Waals surface area contributed by atoms with E-state index in [-0.39, 0.29) is 12.3 Å². The number of nitriles is 1. The fraction of sp³-hybridized carbons (Fsp3) is 0.158. The molecule has 2 rings (SSSR count). The van der Waals surface area contributed by atoms with Crippen LogP contribution in [0.3, 0.4) is 0 Å². The number of ether oxygens (including phenoxy) is 2. The molecular formula is C19H14ClF3N2O3. The summed E-state index contributed by atoms with van der Waals surface area (Å²) in [6, 6.07) is 9.72. The largest absolute Gasteiger partial charge is 0.493 e. The molecule has 0 aliphatic heterocycles. The van der Waals surface area contributed by atoms with Gasteiger partial charge in [-0.05, 0) is 42.0 Å². The third-order valence-electron chi connectivity index (χ3n) is 3.45. The number of hydrogen-bond acceptors (Lipinski definition) is 4. The summed E-state index contributed by atoms with van der Waals surface area (Å²) in [5.41, 5.74) is -0.485. The molecule has 0 saturated carbocycles. The van der Waals surface area contributed by atoms with Gasteiger partial charge in [-0.25, -0.2) is 0 Å². The molecular weight excluding hydrogens is 397 g/mol. The van der Waals surface area contributed by atoms with Gasteiger partial charge < -0.3 is 14.8 Å². The second-order valence-electron chi connectivity index (χ2n) is 5.37. The molecule has 0 fully saturated rings. The van der Waals surface area contributed by atoms with E-state index >= 15 is 0 Å². The third kappa shape index (κ3) is 5.66. The van der Waals surface area contributed by atoms with Crippen LogP contribution in [0.1, 0.15) is 11.1 Å². The lowest BCUT2D eigenvalue weighted by Gasteiger charge is -2.11. The van der Waals surface area contributed by atoms with Gasteiger partial charge in [-0.1, -0.05) is 17.7 Å². The van der Waals surface area contributed by atoms with Crippen LogP contribution in [0, 0.1) is 11.3 Å². The lowest BCUT2D eigenvalue weighted by atomic mass is 10.1. The zero-order valence-corrected chi connectivity index (χ0v) is 15.3. The Hall–Kier alpha value is -3.18. The van der Waals surface area contributed by atoms with Gasteiger partial charge in [0.2, 0.25) is 5.91 Å². The van der Waals surface area contributed by atoms with Gasteiger partial charge >= 0.3 is 6.18 Å². The van der Waals surface area contributed by atoms with E-state index in [4.69, 9.17) is 26.3 Å². The van der Waals surface area contributed by atoms with Gasteiger partial charge in [-0.15, -0.1) is 0 Å². The zero-order chi connectivity index (χ0) is 20.7. The zero-order valence-electron chi connectivity index (χ0n) is 14.5. The minimum atomic E-state index is -4.63. The highest BCUT2D eigenvalue weighted by molar-refractivity contribution is 6.31. The Morgan fingerprint density at radius 2 is 2.00 bits per heavy atom. The molecule has 0 heterocycles. The van der Waals surface area contributed by atoms with Crippen molar-refractivity contribution in [3.8, 4) is 17.6 Å². The number of methoxy groups -OCH3 is 1. The number of nitrogens with one attached hydrogen (secondary N) is 1. The molecule has 0 unspecified atom stereocenters. The van der Waals surface area contributed by atoms with Crippen molar-refractivity contribution in [3.05, 3.63) is 58.6 Å². The summed E-state index contributed by atoms with van der Waals surface area (Å²) in [6.07, 6.45) is -2.02. The quantitative estimate of drug-likeness (QED) is 0.686. The Kier molecular flexibility index (Phi) is 6.90. The van der Waals surface area contributed by atoms with Gasteiger partial charge in [0.1, 0.15) is 6.07 Å². The fourth-order valence-electron chi connectivity index (χ4n) is 2.19. The maximum absolute atomic E-state index is 12.9. The van der Waals surface area contributed by atoms with Crippen molar-refractivity contribution < 1.29 is 27.4 Å². The highest BCUT2D eigenvalue weighted by Crippen LogP contribution is 2.36. The third-order valence-corrected chi connectivity index (χ3v) is 3.78. The molecule has 0 atom stereocenters. The first-order chi connectivity index (χ1) is 13.2. The number of rotatable bonds is 6. The number of carbonyl (C=O) groups excluding carboxylic acids is 1. The Balaban J connectivity index is 2.11. The average molecular weight is 411 g/mol. The maximum Gasteiger partial charge on any atom is 0.417 e. The second kappa shape index (κ2) is 9.15. The first-order valence-electron chi connectivity index (χ1n) is 7.78. The van der Waals surface area contributed by atoms with Crippen molar-refractivity contribution in [1.29, 1.82) is 5.26 Å². The fourth-order valence-corrected chi connectivity index (χ4v) is 2.42. The van der Waals surface area contributed by atoms with Crippen LogP contribution >= 0.6 is 11.6 Å². The van der Waals surface area contributed by atoms with Gasteiger partial charge in [0.25, 0.3) is 0 Å². The van der Waals surface area contributed by atoms with Crippen LogP contribution in [0.4, 0.5) is 18.9 Å². The molecule has 0 radical (unpaired) electrons. The van der Waals surface area contributed by atoms with Crippen LogP contribution in [-0.2, 0) is 11.0 Å². The molecule has 0 aromatic heterocycles. The van der Waals surface area contributed by atoms with E-state index in [2.05, 4.69) is 5.32 Å². The number of carbonyl (C=O) groups is 1. The standard InChI is InChI=1S/C19H14ClF3N2O3/c1-27-17-10-12(2-6-16(17)28-9-8-24)3-7-18(26)25-13-4-5-15(20)14(11-13)19(21,22)23/h2-7,10-11H,9H2,1H3,(H,25,26)/b7-3+. The van der Waals surface area contributed by atoms with Crippen LogP contribution < -0.4 is 14.8 Å². The Morgan fingerprint density at radius 1 is 1.25 bits per heavy atom. The highest BCUT2D eigenvalue weighted by Gasteiger charge is 2.33. The molecule has 9 heteroatoms. The normalized spacial score (nSPS) is 11.1. The number of hydrogen-bond donors (Lipinski definition) is 1. The number of halogens is 4. The summed E-state index contributed by atoms with van der Waals surface area (Å²) < 4.78 is 48.9. The summed E-state index contributed by atoms with van der Waals surface area (Å²) in [7, 11) is 1.42. The summed E-state index contributed by atoms with van der Waals surface area (Å²) >= 11 is 5.55. The molecule has 2 aromatic carbocycles. The molecule has 5 nitrogen and oxygen atoms in total. The van der Waals surface area contributed by atoms with E-state index in [1.165, 1.54) is 19.3 Å². The first-order valence-corrected chi connectivity index (χ1v) is 8.16. The van der Waals surface area contributed by atoms with Crippen molar-refractivity contribution in [2.45, 2.75) is 6.18 Å². The van der Waals surface area contributed by atoms with Gasteiger partial charge in [-0.2, -0.15) is 18.4 Å². The number of alkyl halides is 3. The predicted octanol–water partition coefficient (Wildman–Crippen LogP) is 4.92. The maximum atomic E-state index is 12.9. The van der Waals surface area contributed by atoms with E-state index < -0.39 is 22.7 Å². The molecule has 0 spiro atoms. The monoisotopic (exact) mass is 410 g/mol. The molecule has 0 saturated heterocycles. The Bertz CT molecular complexity index is 937. The van der Waals surface area contributed by atoms with E-state index in [1.54, 1.807) is 18.2 Å². The minimum Gasteiger partial charge on any atom is -0.493 e. The van der Waals surface area contributed by atoms with Gasteiger partial charge in [0.05, 0.1) is 17.7 Å². The van der Waals surface area contributed by atoms with E-state index in [0.717, 1.165) is 18.2 Å².